The minimum atomic E-state index is -3.38. The molecule has 1 heterocycles. The maximum atomic E-state index is 12.2. The Kier molecular flexibility index (Phi) is 8.06. The lowest BCUT2D eigenvalue weighted by Gasteiger charge is -2.35. The highest BCUT2D eigenvalue weighted by atomic mass is 32.2. The molecule has 0 spiro atoms. The zero-order chi connectivity index (χ0) is 19.0. The van der Waals surface area contributed by atoms with Crippen LogP contribution < -0.4 is 4.72 Å². The highest BCUT2D eigenvalue weighted by molar-refractivity contribution is 7.88. The number of esters is 1. The minimum absolute atomic E-state index is 0.0875. The fraction of sp³-hybridized carbons (Fsp3) is 0.632. The Morgan fingerprint density at radius 3 is 2.65 bits per heavy atom. The van der Waals surface area contributed by atoms with Gasteiger partial charge in [0.15, 0.2) is 0 Å². The second kappa shape index (κ2) is 10.0. The molecule has 1 saturated heterocycles. The van der Waals surface area contributed by atoms with E-state index in [2.05, 4.69) is 21.3 Å². The van der Waals surface area contributed by atoms with E-state index in [0.717, 1.165) is 25.9 Å². The third-order valence-electron chi connectivity index (χ3n) is 4.90. The average Bonchev–Trinajstić information content (AvgIpc) is 2.65. The minimum Gasteiger partial charge on any atom is -0.465 e. The van der Waals surface area contributed by atoms with Crippen molar-refractivity contribution in [2.24, 2.45) is 0 Å². The van der Waals surface area contributed by atoms with Gasteiger partial charge >= 0.3 is 5.97 Å². The lowest BCUT2D eigenvalue weighted by molar-refractivity contribution is 0.0600. The summed E-state index contributed by atoms with van der Waals surface area (Å²) in [6.07, 6.45) is 5.77. The van der Waals surface area contributed by atoms with Gasteiger partial charge in [0.05, 0.1) is 18.4 Å². The molecule has 0 radical (unpaired) electrons. The molecular formula is C19H30N2O4S. The van der Waals surface area contributed by atoms with E-state index < -0.39 is 16.0 Å². The second-order valence-electron chi connectivity index (χ2n) is 6.79. The number of methoxy groups -OCH3 is 1. The smallest absolute Gasteiger partial charge is 0.337 e. The van der Waals surface area contributed by atoms with Crippen LogP contribution in [0.15, 0.2) is 24.3 Å². The molecule has 1 aliphatic rings. The number of likely N-dealkylation sites (tertiary alicyclic amines) is 1. The third kappa shape index (κ3) is 6.37. The van der Waals surface area contributed by atoms with E-state index in [1.807, 2.05) is 0 Å². The lowest BCUT2D eigenvalue weighted by atomic mass is 10.00. The van der Waals surface area contributed by atoms with Crippen molar-refractivity contribution < 1.29 is 17.9 Å². The Hall–Kier alpha value is -1.44. The molecule has 0 saturated carbocycles. The van der Waals surface area contributed by atoms with Gasteiger partial charge in [-0.15, -0.1) is 0 Å². The van der Waals surface area contributed by atoms with Crippen molar-refractivity contribution in [3.8, 4) is 0 Å². The first-order valence-electron chi connectivity index (χ1n) is 9.34. The molecule has 2 rings (SSSR count). The van der Waals surface area contributed by atoms with Crippen LogP contribution in [0.2, 0.25) is 0 Å². The van der Waals surface area contributed by atoms with Crippen molar-refractivity contribution >= 4 is 16.0 Å². The van der Waals surface area contributed by atoms with Gasteiger partial charge in [0.2, 0.25) is 10.0 Å². The lowest BCUT2D eigenvalue weighted by Crippen LogP contribution is -2.40. The third-order valence-corrected chi connectivity index (χ3v) is 6.25. The quantitative estimate of drug-likeness (QED) is 0.525. The normalized spacial score (nSPS) is 18.6. The van der Waals surface area contributed by atoms with Crippen LogP contribution in [0, 0.1) is 0 Å². The number of carbonyl (C=O) groups excluding carboxylic acids is 1. The summed E-state index contributed by atoms with van der Waals surface area (Å²) < 4.78 is 31.8. The first kappa shape index (κ1) is 20.9. The molecule has 26 heavy (non-hydrogen) atoms. The van der Waals surface area contributed by atoms with Gasteiger partial charge in [-0.05, 0) is 56.5 Å². The Morgan fingerprint density at radius 1 is 1.27 bits per heavy atom. The molecule has 7 heteroatoms. The molecule has 1 atom stereocenters. The molecule has 0 aromatic heterocycles. The molecule has 1 fully saturated rings. The molecule has 1 N–H and O–H groups in total. The summed E-state index contributed by atoms with van der Waals surface area (Å²) in [5.74, 6) is -0.518. The van der Waals surface area contributed by atoms with Crippen LogP contribution in [0.4, 0.5) is 0 Å². The predicted molar refractivity (Wildman–Crippen MR) is 103 cm³/mol. The second-order valence-corrected chi connectivity index (χ2v) is 8.60. The monoisotopic (exact) mass is 382 g/mol. The van der Waals surface area contributed by atoms with E-state index in [1.165, 1.54) is 26.4 Å². The average molecular weight is 383 g/mol. The van der Waals surface area contributed by atoms with Gasteiger partial charge in [-0.25, -0.2) is 17.9 Å². The SMILES string of the molecule is CC[C@H]1CCCCN1CCCNS(=O)(=O)Cc1ccc(C(=O)OC)cc1. The number of nitrogens with one attached hydrogen (secondary N) is 1. The molecule has 146 valence electrons. The number of piperidine rings is 1. The van der Waals surface area contributed by atoms with Crippen LogP contribution in [-0.4, -0.2) is 52.1 Å². The number of nitrogens with zero attached hydrogens (tertiary/aromatic N) is 1. The molecule has 0 aliphatic carbocycles. The van der Waals surface area contributed by atoms with E-state index in [-0.39, 0.29) is 5.75 Å². The van der Waals surface area contributed by atoms with Crippen molar-refractivity contribution in [3.63, 3.8) is 0 Å². The van der Waals surface area contributed by atoms with Crippen molar-refractivity contribution in [1.82, 2.24) is 9.62 Å². The molecule has 0 amide bonds. The summed E-state index contributed by atoms with van der Waals surface area (Å²) in [7, 11) is -2.06. The van der Waals surface area contributed by atoms with Crippen LogP contribution >= 0.6 is 0 Å². The van der Waals surface area contributed by atoms with E-state index in [0.29, 0.717) is 23.7 Å². The topological polar surface area (TPSA) is 75.7 Å². The van der Waals surface area contributed by atoms with E-state index in [1.54, 1.807) is 24.3 Å². The van der Waals surface area contributed by atoms with E-state index >= 15 is 0 Å². The van der Waals surface area contributed by atoms with E-state index in [9.17, 15) is 13.2 Å². The van der Waals surface area contributed by atoms with Gasteiger partial charge < -0.3 is 9.64 Å². The van der Waals surface area contributed by atoms with Crippen LogP contribution in [0.1, 0.15) is 54.9 Å². The Balaban J connectivity index is 1.77. The summed E-state index contributed by atoms with van der Waals surface area (Å²) in [6, 6.07) is 7.10. The van der Waals surface area contributed by atoms with Gasteiger partial charge in [-0.3, -0.25) is 0 Å². The van der Waals surface area contributed by atoms with Gasteiger partial charge in [-0.1, -0.05) is 25.5 Å². The number of sulfonamides is 1. The highest BCUT2D eigenvalue weighted by Crippen LogP contribution is 2.19. The first-order chi connectivity index (χ1) is 12.4. The fourth-order valence-corrected chi connectivity index (χ4v) is 4.64. The summed E-state index contributed by atoms with van der Waals surface area (Å²) in [5, 5.41) is 0. The number of hydrogen-bond acceptors (Lipinski definition) is 5. The first-order valence-corrected chi connectivity index (χ1v) is 11.0. The number of rotatable bonds is 9. The van der Waals surface area contributed by atoms with Crippen molar-refractivity contribution in [2.45, 2.75) is 50.8 Å². The highest BCUT2D eigenvalue weighted by Gasteiger charge is 2.20. The van der Waals surface area contributed by atoms with Crippen LogP contribution in [0.3, 0.4) is 0 Å². The van der Waals surface area contributed by atoms with Crippen molar-refractivity contribution in [2.75, 3.05) is 26.7 Å². The predicted octanol–water partition coefficient (Wildman–Crippen LogP) is 2.55. The summed E-state index contributed by atoms with van der Waals surface area (Å²) in [5.41, 5.74) is 1.06. The molecule has 0 bridgehead atoms. The van der Waals surface area contributed by atoms with Crippen molar-refractivity contribution in [1.29, 1.82) is 0 Å². The summed E-state index contributed by atoms with van der Waals surface area (Å²) >= 11 is 0. The van der Waals surface area contributed by atoms with Gasteiger partial charge in [0.25, 0.3) is 0 Å². The summed E-state index contributed by atoms with van der Waals surface area (Å²) in [4.78, 5) is 13.9. The summed E-state index contributed by atoms with van der Waals surface area (Å²) in [6.45, 7) is 4.74. The van der Waals surface area contributed by atoms with E-state index in [4.69, 9.17) is 0 Å². The number of carbonyl (C=O) groups is 1. The molecule has 6 nitrogen and oxygen atoms in total. The van der Waals surface area contributed by atoms with Gasteiger partial charge in [-0.2, -0.15) is 0 Å². The van der Waals surface area contributed by atoms with Gasteiger partial charge in [0, 0.05) is 12.6 Å². The van der Waals surface area contributed by atoms with Crippen LogP contribution in [-0.2, 0) is 20.5 Å². The van der Waals surface area contributed by atoms with Gasteiger partial charge in [0.1, 0.15) is 0 Å². The Morgan fingerprint density at radius 2 is 2.00 bits per heavy atom. The number of benzene rings is 1. The number of hydrogen-bond donors (Lipinski definition) is 1. The Bertz CT molecular complexity index is 673. The molecule has 1 aliphatic heterocycles. The molecular weight excluding hydrogens is 352 g/mol. The molecule has 1 aromatic rings. The standard InChI is InChI=1S/C19H30N2O4S/c1-3-18-7-4-5-13-21(18)14-6-12-20-26(23,24)15-16-8-10-17(11-9-16)19(22)25-2/h8-11,18,20H,3-7,12-15H2,1-2H3/t18-/m0/s1. The zero-order valence-corrected chi connectivity index (χ0v) is 16.6. The molecule has 0 unspecified atom stereocenters. The van der Waals surface area contributed by atoms with Crippen LogP contribution in [0.25, 0.3) is 0 Å². The Labute approximate surface area is 157 Å². The van der Waals surface area contributed by atoms with Crippen LogP contribution in [0.5, 0.6) is 0 Å². The maximum absolute atomic E-state index is 12.2. The maximum Gasteiger partial charge on any atom is 0.337 e. The zero-order valence-electron chi connectivity index (χ0n) is 15.7. The van der Waals surface area contributed by atoms with Crippen molar-refractivity contribution in [3.05, 3.63) is 35.4 Å². The molecule has 1 aromatic carbocycles. The number of ether oxygens (including phenoxy) is 1. The largest absolute Gasteiger partial charge is 0.465 e. The fourth-order valence-electron chi connectivity index (χ4n) is 3.45.